The molecular formula is C10H10ClNO4S. The minimum atomic E-state index is -1.04. The Morgan fingerprint density at radius 3 is 2.53 bits per heavy atom. The molecule has 0 aromatic heterocycles. The fraction of sp³-hybridized carbons (Fsp3) is 0.300. The molecule has 0 amide bonds. The van der Waals surface area contributed by atoms with Gasteiger partial charge in [0.15, 0.2) is 0 Å². The minimum absolute atomic E-state index is 0.118. The maximum Gasteiger partial charge on any atom is 0.319 e. The predicted octanol–water partition coefficient (Wildman–Crippen LogP) is 3.20. The van der Waals surface area contributed by atoms with Gasteiger partial charge in [0.1, 0.15) is 4.75 Å². The second kappa shape index (κ2) is 4.93. The molecule has 0 atom stereocenters. The number of non-ortho nitro benzene ring substituents is 1. The molecule has 0 saturated carbocycles. The zero-order chi connectivity index (χ0) is 13.2. The average Bonchev–Trinajstić information content (AvgIpc) is 2.20. The molecule has 0 aliphatic heterocycles. The number of thioether (sulfide) groups is 1. The number of halogens is 1. The molecule has 0 aliphatic carbocycles. The van der Waals surface area contributed by atoms with E-state index in [0.717, 1.165) is 11.8 Å². The lowest BCUT2D eigenvalue weighted by atomic mass is 10.2. The monoisotopic (exact) mass is 275 g/mol. The molecule has 1 aromatic rings. The summed E-state index contributed by atoms with van der Waals surface area (Å²) in [4.78, 5) is 21.4. The van der Waals surface area contributed by atoms with Gasteiger partial charge < -0.3 is 5.11 Å². The van der Waals surface area contributed by atoms with E-state index in [0.29, 0.717) is 4.90 Å². The highest BCUT2D eigenvalue weighted by Crippen LogP contribution is 2.38. The number of nitrogens with zero attached hydrogens (tertiary/aromatic N) is 1. The van der Waals surface area contributed by atoms with Crippen molar-refractivity contribution in [2.45, 2.75) is 23.5 Å². The first-order valence-electron chi connectivity index (χ1n) is 4.60. The smallest absolute Gasteiger partial charge is 0.319 e. The van der Waals surface area contributed by atoms with Crippen molar-refractivity contribution in [2.24, 2.45) is 0 Å². The van der Waals surface area contributed by atoms with E-state index < -0.39 is 15.6 Å². The third-order valence-electron chi connectivity index (χ3n) is 2.01. The van der Waals surface area contributed by atoms with E-state index in [-0.39, 0.29) is 10.7 Å². The van der Waals surface area contributed by atoms with Crippen molar-refractivity contribution in [3.05, 3.63) is 33.3 Å². The highest BCUT2D eigenvalue weighted by Gasteiger charge is 2.29. The summed E-state index contributed by atoms with van der Waals surface area (Å²) in [5.41, 5.74) is -0.118. The van der Waals surface area contributed by atoms with Crippen LogP contribution in [-0.4, -0.2) is 20.7 Å². The number of carboxylic acids is 1. The molecule has 0 unspecified atom stereocenters. The van der Waals surface area contributed by atoms with Crippen LogP contribution in [0, 0.1) is 10.1 Å². The molecule has 0 radical (unpaired) electrons. The second-order valence-electron chi connectivity index (χ2n) is 3.79. The number of carbonyl (C=O) groups is 1. The van der Waals surface area contributed by atoms with Crippen LogP contribution in [-0.2, 0) is 4.79 Å². The number of nitro benzene ring substituents is 1. The third kappa shape index (κ3) is 3.34. The van der Waals surface area contributed by atoms with Gasteiger partial charge in [-0.1, -0.05) is 11.6 Å². The molecule has 1 N–H and O–H groups in total. The van der Waals surface area contributed by atoms with Gasteiger partial charge in [0.05, 0.1) is 9.95 Å². The Bertz CT molecular complexity index is 475. The Labute approximate surface area is 107 Å². The summed E-state index contributed by atoms with van der Waals surface area (Å²) < 4.78 is -1.04. The van der Waals surface area contributed by atoms with Gasteiger partial charge >= 0.3 is 5.97 Å². The van der Waals surface area contributed by atoms with Crippen LogP contribution in [0.4, 0.5) is 5.69 Å². The predicted molar refractivity (Wildman–Crippen MR) is 65.7 cm³/mol. The van der Waals surface area contributed by atoms with Crippen molar-refractivity contribution in [2.75, 3.05) is 0 Å². The Balaban J connectivity index is 3.02. The van der Waals surface area contributed by atoms with Crippen LogP contribution in [0.1, 0.15) is 13.8 Å². The quantitative estimate of drug-likeness (QED) is 0.518. The van der Waals surface area contributed by atoms with Gasteiger partial charge in [-0.2, -0.15) is 0 Å². The van der Waals surface area contributed by atoms with Crippen LogP contribution in [0.25, 0.3) is 0 Å². The van der Waals surface area contributed by atoms with Crippen molar-refractivity contribution in [1.29, 1.82) is 0 Å². The van der Waals surface area contributed by atoms with E-state index in [4.69, 9.17) is 16.7 Å². The lowest BCUT2D eigenvalue weighted by molar-refractivity contribution is -0.384. The topological polar surface area (TPSA) is 80.4 Å². The van der Waals surface area contributed by atoms with Crippen molar-refractivity contribution in [3.8, 4) is 0 Å². The van der Waals surface area contributed by atoms with E-state index in [1.54, 1.807) is 0 Å². The molecule has 0 fully saturated rings. The van der Waals surface area contributed by atoms with Crippen LogP contribution < -0.4 is 0 Å². The van der Waals surface area contributed by atoms with Crippen molar-refractivity contribution in [3.63, 3.8) is 0 Å². The zero-order valence-electron chi connectivity index (χ0n) is 9.14. The summed E-state index contributed by atoms with van der Waals surface area (Å²) in [6.45, 7) is 3.08. The Hall–Kier alpha value is -1.27. The number of nitro groups is 1. The minimum Gasteiger partial charge on any atom is -0.480 e. The summed E-state index contributed by atoms with van der Waals surface area (Å²) >= 11 is 6.91. The molecule has 1 aromatic carbocycles. The lowest BCUT2D eigenvalue weighted by Crippen LogP contribution is -2.26. The van der Waals surface area contributed by atoms with E-state index in [1.165, 1.54) is 32.0 Å². The standard InChI is InChI=1S/C10H10ClNO4S/c1-10(2,9(13)14)17-8-4-3-6(12(15)16)5-7(8)11/h3-5H,1-2H3,(H,13,14). The number of rotatable bonds is 4. The average molecular weight is 276 g/mol. The molecule has 5 nitrogen and oxygen atoms in total. The van der Waals surface area contributed by atoms with Crippen molar-refractivity contribution >= 4 is 35.0 Å². The van der Waals surface area contributed by atoms with Crippen LogP contribution in [0.2, 0.25) is 5.02 Å². The fourth-order valence-electron chi connectivity index (χ4n) is 1.00. The van der Waals surface area contributed by atoms with Crippen molar-refractivity contribution < 1.29 is 14.8 Å². The summed E-state index contributed by atoms with van der Waals surface area (Å²) in [7, 11) is 0. The second-order valence-corrected chi connectivity index (χ2v) is 5.86. The molecule has 0 heterocycles. The van der Waals surface area contributed by atoms with Crippen molar-refractivity contribution in [1.82, 2.24) is 0 Å². The highest BCUT2D eigenvalue weighted by molar-refractivity contribution is 8.01. The van der Waals surface area contributed by atoms with Gasteiger partial charge in [0, 0.05) is 17.0 Å². The number of aliphatic carboxylic acids is 1. The lowest BCUT2D eigenvalue weighted by Gasteiger charge is -2.18. The van der Waals surface area contributed by atoms with E-state index >= 15 is 0 Å². The normalized spacial score (nSPS) is 11.2. The molecule has 92 valence electrons. The van der Waals surface area contributed by atoms with Gasteiger partial charge in [-0.3, -0.25) is 14.9 Å². The van der Waals surface area contributed by atoms with Crippen LogP contribution in [0.3, 0.4) is 0 Å². The summed E-state index contributed by atoms with van der Waals surface area (Å²) in [6.07, 6.45) is 0. The molecule has 17 heavy (non-hydrogen) atoms. The first-order valence-corrected chi connectivity index (χ1v) is 5.80. The first-order chi connectivity index (χ1) is 7.74. The third-order valence-corrected chi connectivity index (χ3v) is 3.69. The molecule has 0 aliphatic rings. The zero-order valence-corrected chi connectivity index (χ0v) is 10.7. The van der Waals surface area contributed by atoms with Gasteiger partial charge in [-0.15, -0.1) is 11.8 Å². The number of carboxylic acid groups (broad SMARTS) is 1. The van der Waals surface area contributed by atoms with E-state index in [2.05, 4.69) is 0 Å². The van der Waals surface area contributed by atoms with Gasteiger partial charge in [-0.25, -0.2) is 0 Å². The fourth-order valence-corrected chi connectivity index (χ4v) is 2.22. The molecule has 0 saturated heterocycles. The number of benzene rings is 1. The van der Waals surface area contributed by atoms with E-state index in [1.807, 2.05) is 0 Å². The maximum atomic E-state index is 10.9. The molecule has 0 bridgehead atoms. The highest BCUT2D eigenvalue weighted by atomic mass is 35.5. The molecule has 7 heteroatoms. The van der Waals surface area contributed by atoms with Gasteiger partial charge in [-0.05, 0) is 19.9 Å². The Morgan fingerprint density at radius 2 is 2.12 bits per heavy atom. The largest absolute Gasteiger partial charge is 0.480 e. The molecule has 0 spiro atoms. The molecule has 1 rings (SSSR count). The Kier molecular flexibility index (Phi) is 4.00. The van der Waals surface area contributed by atoms with Gasteiger partial charge in [0.25, 0.3) is 5.69 Å². The molecular weight excluding hydrogens is 266 g/mol. The van der Waals surface area contributed by atoms with Crippen LogP contribution in [0.15, 0.2) is 23.1 Å². The van der Waals surface area contributed by atoms with Gasteiger partial charge in [0.2, 0.25) is 0 Å². The van der Waals surface area contributed by atoms with Crippen LogP contribution in [0.5, 0.6) is 0 Å². The summed E-state index contributed by atoms with van der Waals surface area (Å²) in [5.74, 6) is -0.975. The summed E-state index contributed by atoms with van der Waals surface area (Å²) in [5, 5.41) is 19.6. The van der Waals surface area contributed by atoms with E-state index in [9.17, 15) is 14.9 Å². The SMILES string of the molecule is CC(C)(Sc1ccc([N+](=O)[O-])cc1Cl)C(=O)O. The Morgan fingerprint density at radius 1 is 1.53 bits per heavy atom. The van der Waals surface area contributed by atoms with Crippen LogP contribution >= 0.6 is 23.4 Å². The number of hydrogen-bond acceptors (Lipinski definition) is 4. The first kappa shape index (κ1) is 13.8. The number of hydrogen-bond donors (Lipinski definition) is 1. The maximum absolute atomic E-state index is 10.9. The summed E-state index contributed by atoms with van der Waals surface area (Å²) in [6, 6.07) is 3.96.